The summed E-state index contributed by atoms with van der Waals surface area (Å²) in [5, 5.41) is 11.2. The van der Waals surface area contributed by atoms with Gasteiger partial charge < -0.3 is 10.6 Å². The molecule has 1 heterocycles. The number of aryl methyl sites for hydroxylation is 1. The largest absolute Gasteiger partial charge is 0.370 e. The average molecular weight is 301 g/mol. The van der Waals surface area contributed by atoms with E-state index in [2.05, 4.69) is 27.5 Å². The first-order chi connectivity index (χ1) is 9.37. The van der Waals surface area contributed by atoms with Crippen LogP contribution in [0, 0.1) is 6.92 Å². The second-order valence-electron chi connectivity index (χ2n) is 4.54. The van der Waals surface area contributed by atoms with Gasteiger partial charge in [-0.25, -0.2) is 23.5 Å². The maximum absolute atomic E-state index is 10.9. The third-order valence-corrected chi connectivity index (χ3v) is 3.50. The van der Waals surface area contributed by atoms with Crippen LogP contribution in [-0.2, 0) is 16.4 Å². The highest BCUT2D eigenvalue weighted by atomic mass is 32.2. The fourth-order valence-corrected chi connectivity index (χ4v) is 2.01. The Bertz CT molecular complexity index is 545. The number of nitrogens with zero attached hydrogens (tertiary/aromatic N) is 2. The minimum absolute atomic E-state index is 0.129. The first-order valence-electron chi connectivity index (χ1n) is 6.73. The van der Waals surface area contributed by atoms with E-state index in [1.807, 2.05) is 13.8 Å². The lowest BCUT2D eigenvalue weighted by molar-refractivity contribution is 0.598. The Morgan fingerprint density at radius 1 is 1.10 bits per heavy atom. The summed E-state index contributed by atoms with van der Waals surface area (Å²) in [6, 6.07) is 0. The molecule has 0 radical (unpaired) electrons. The summed E-state index contributed by atoms with van der Waals surface area (Å²) in [6.07, 6.45) is 1.71. The molecule has 0 bridgehead atoms. The Hall–Kier alpha value is -1.41. The van der Waals surface area contributed by atoms with Gasteiger partial charge in [0, 0.05) is 25.1 Å². The Labute approximate surface area is 120 Å². The molecule has 1 rings (SSSR count). The third-order valence-electron chi connectivity index (χ3n) is 2.73. The maximum atomic E-state index is 10.9. The number of nitrogens with two attached hydrogens (primary N) is 1. The minimum atomic E-state index is -3.47. The number of nitrogens with one attached hydrogen (secondary N) is 2. The minimum Gasteiger partial charge on any atom is -0.370 e. The quantitative estimate of drug-likeness (QED) is 0.657. The van der Waals surface area contributed by atoms with Crippen LogP contribution in [0.1, 0.15) is 31.7 Å². The van der Waals surface area contributed by atoms with Crippen molar-refractivity contribution in [2.45, 2.75) is 33.6 Å². The van der Waals surface area contributed by atoms with Crippen molar-refractivity contribution in [1.29, 1.82) is 0 Å². The van der Waals surface area contributed by atoms with Gasteiger partial charge in [-0.15, -0.1) is 0 Å². The molecule has 1 aromatic rings. The van der Waals surface area contributed by atoms with E-state index in [-0.39, 0.29) is 12.3 Å². The van der Waals surface area contributed by atoms with Gasteiger partial charge in [-0.05, 0) is 13.3 Å². The molecule has 7 nitrogen and oxygen atoms in total. The summed E-state index contributed by atoms with van der Waals surface area (Å²) >= 11 is 0. The van der Waals surface area contributed by atoms with E-state index >= 15 is 0 Å². The van der Waals surface area contributed by atoms with Crippen molar-refractivity contribution in [3.8, 4) is 0 Å². The predicted octanol–water partition coefficient (Wildman–Crippen LogP) is 0.870. The van der Waals surface area contributed by atoms with Crippen LogP contribution in [0.15, 0.2) is 0 Å². The number of sulfonamides is 1. The Morgan fingerprint density at radius 2 is 1.65 bits per heavy atom. The molecule has 0 aliphatic heterocycles. The zero-order chi connectivity index (χ0) is 15.2. The number of aromatic nitrogens is 2. The van der Waals surface area contributed by atoms with Crippen LogP contribution in [0.25, 0.3) is 0 Å². The van der Waals surface area contributed by atoms with Gasteiger partial charge in [-0.1, -0.05) is 13.8 Å². The van der Waals surface area contributed by atoms with Crippen molar-refractivity contribution in [3.63, 3.8) is 0 Å². The average Bonchev–Trinajstić information content (AvgIpc) is 2.37. The molecule has 0 saturated carbocycles. The fourth-order valence-electron chi connectivity index (χ4n) is 1.62. The number of rotatable bonds is 8. The van der Waals surface area contributed by atoms with Gasteiger partial charge >= 0.3 is 0 Å². The van der Waals surface area contributed by atoms with Crippen LogP contribution < -0.4 is 15.8 Å². The SMILES string of the molecule is CCCNc1nc(CC)nc(NCCS(N)(=O)=O)c1C. The van der Waals surface area contributed by atoms with Crippen molar-refractivity contribution in [3.05, 3.63) is 11.4 Å². The molecule has 0 atom stereocenters. The maximum Gasteiger partial charge on any atom is 0.210 e. The van der Waals surface area contributed by atoms with Crippen LogP contribution >= 0.6 is 0 Å². The number of hydrogen-bond acceptors (Lipinski definition) is 6. The zero-order valence-corrected chi connectivity index (χ0v) is 13.0. The van der Waals surface area contributed by atoms with Gasteiger partial charge in [0.2, 0.25) is 10.0 Å². The van der Waals surface area contributed by atoms with Gasteiger partial charge in [0.05, 0.1) is 5.75 Å². The van der Waals surface area contributed by atoms with Gasteiger partial charge in [-0.2, -0.15) is 0 Å². The molecule has 1 aromatic heterocycles. The molecule has 20 heavy (non-hydrogen) atoms. The molecule has 8 heteroatoms. The fraction of sp³-hybridized carbons (Fsp3) is 0.667. The summed E-state index contributed by atoms with van der Waals surface area (Å²) in [4.78, 5) is 8.82. The monoisotopic (exact) mass is 301 g/mol. The van der Waals surface area contributed by atoms with Crippen LogP contribution in [0.2, 0.25) is 0 Å². The Balaban J connectivity index is 2.87. The van der Waals surface area contributed by atoms with Gasteiger partial charge in [0.1, 0.15) is 17.5 Å². The molecule has 0 unspecified atom stereocenters. The molecule has 0 aromatic carbocycles. The molecule has 0 aliphatic rings. The number of primary sulfonamides is 1. The highest BCUT2D eigenvalue weighted by Gasteiger charge is 2.10. The highest BCUT2D eigenvalue weighted by molar-refractivity contribution is 7.89. The van der Waals surface area contributed by atoms with Crippen LogP contribution in [0.3, 0.4) is 0 Å². The summed E-state index contributed by atoms with van der Waals surface area (Å²) in [7, 11) is -3.47. The zero-order valence-electron chi connectivity index (χ0n) is 12.2. The van der Waals surface area contributed by atoms with Crippen molar-refractivity contribution >= 4 is 21.7 Å². The van der Waals surface area contributed by atoms with Crippen molar-refractivity contribution in [2.75, 3.05) is 29.5 Å². The molecule has 0 aliphatic carbocycles. The van der Waals surface area contributed by atoms with Gasteiger partial charge in [0.25, 0.3) is 0 Å². The molecule has 0 saturated heterocycles. The van der Waals surface area contributed by atoms with E-state index in [4.69, 9.17) is 5.14 Å². The lowest BCUT2D eigenvalue weighted by Gasteiger charge is -2.14. The second kappa shape index (κ2) is 7.39. The molecular formula is C12H23N5O2S. The van der Waals surface area contributed by atoms with E-state index in [0.29, 0.717) is 18.1 Å². The molecule has 114 valence electrons. The first-order valence-corrected chi connectivity index (χ1v) is 8.44. The van der Waals surface area contributed by atoms with E-state index in [9.17, 15) is 8.42 Å². The van der Waals surface area contributed by atoms with Crippen molar-refractivity contribution in [2.24, 2.45) is 5.14 Å². The Morgan fingerprint density at radius 3 is 2.10 bits per heavy atom. The van der Waals surface area contributed by atoms with Crippen LogP contribution in [0.4, 0.5) is 11.6 Å². The Kier molecular flexibility index (Phi) is 6.15. The molecule has 0 fully saturated rings. The normalized spacial score (nSPS) is 11.4. The highest BCUT2D eigenvalue weighted by Crippen LogP contribution is 2.20. The van der Waals surface area contributed by atoms with E-state index in [0.717, 1.165) is 24.3 Å². The van der Waals surface area contributed by atoms with Crippen molar-refractivity contribution in [1.82, 2.24) is 9.97 Å². The molecule has 0 spiro atoms. The summed E-state index contributed by atoms with van der Waals surface area (Å²) in [5.74, 6) is 2.03. The molecular weight excluding hydrogens is 278 g/mol. The van der Waals surface area contributed by atoms with Crippen molar-refractivity contribution < 1.29 is 8.42 Å². The van der Waals surface area contributed by atoms with Crippen LogP contribution in [0.5, 0.6) is 0 Å². The third kappa shape index (κ3) is 5.30. The predicted molar refractivity (Wildman–Crippen MR) is 81.4 cm³/mol. The lowest BCUT2D eigenvalue weighted by atomic mass is 10.2. The standard InChI is InChI=1S/C12H23N5O2S/c1-4-6-14-11-9(3)12(17-10(5-2)16-11)15-7-8-20(13,18)19/h4-8H2,1-3H3,(H2,13,18,19)(H2,14,15,16,17). The summed E-state index contributed by atoms with van der Waals surface area (Å²) in [6.45, 7) is 7.01. The number of hydrogen-bond donors (Lipinski definition) is 3. The van der Waals surface area contributed by atoms with Crippen LogP contribution in [-0.4, -0.2) is 37.2 Å². The van der Waals surface area contributed by atoms with Gasteiger partial charge in [-0.3, -0.25) is 0 Å². The molecule has 4 N–H and O–H groups in total. The van der Waals surface area contributed by atoms with Gasteiger partial charge in [0.15, 0.2) is 0 Å². The number of anilines is 2. The lowest BCUT2D eigenvalue weighted by Crippen LogP contribution is -2.23. The molecule has 0 amide bonds. The van der Waals surface area contributed by atoms with E-state index in [1.54, 1.807) is 0 Å². The topological polar surface area (TPSA) is 110 Å². The summed E-state index contributed by atoms with van der Waals surface area (Å²) in [5.41, 5.74) is 0.880. The first kappa shape index (κ1) is 16.6. The van der Waals surface area contributed by atoms with E-state index in [1.165, 1.54) is 0 Å². The summed E-state index contributed by atoms with van der Waals surface area (Å²) < 4.78 is 21.9. The smallest absolute Gasteiger partial charge is 0.210 e. The second-order valence-corrected chi connectivity index (χ2v) is 6.27. The van der Waals surface area contributed by atoms with E-state index < -0.39 is 10.0 Å².